The molecule has 0 saturated heterocycles. The summed E-state index contributed by atoms with van der Waals surface area (Å²) in [6, 6.07) is 8.65. The third kappa shape index (κ3) is 0.941. The van der Waals surface area contributed by atoms with Gasteiger partial charge in [0.1, 0.15) is 0 Å². The summed E-state index contributed by atoms with van der Waals surface area (Å²) < 4.78 is 0. The van der Waals surface area contributed by atoms with Crippen LogP contribution in [0.2, 0.25) is 0 Å². The van der Waals surface area contributed by atoms with Crippen LogP contribution >= 0.6 is 0 Å². The first-order valence-corrected chi connectivity index (χ1v) is 5.02. The molecule has 0 aromatic heterocycles. The van der Waals surface area contributed by atoms with Crippen LogP contribution in [0.25, 0.3) is 6.08 Å². The molecular weight excluding hydrogens is 168 g/mol. The van der Waals surface area contributed by atoms with E-state index in [0.717, 1.165) is 0 Å². The summed E-state index contributed by atoms with van der Waals surface area (Å²) in [5.74, 6) is 0.510. The minimum absolute atomic E-state index is 0.510. The number of rotatable bonds is 0. The highest BCUT2D eigenvalue weighted by Gasteiger charge is 2.23. The molecule has 1 atom stereocenters. The molecule has 0 nitrogen and oxygen atoms in total. The molecule has 0 heterocycles. The maximum Gasteiger partial charge on any atom is 0.0281 e. The topological polar surface area (TPSA) is 0 Å². The van der Waals surface area contributed by atoms with Gasteiger partial charge in [0.25, 0.3) is 0 Å². The zero-order valence-corrected chi connectivity index (χ0v) is 8.20. The predicted octanol–water partition coefficient (Wildman–Crippen LogP) is 3.68. The van der Waals surface area contributed by atoms with Crippen LogP contribution in [0.3, 0.4) is 0 Å². The Hall–Kier alpha value is -1.56. The van der Waals surface area contributed by atoms with Crippen molar-refractivity contribution in [2.75, 3.05) is 0 Å². The zero-order chi connectivity index (χ0) is 9.54. The quantitative estimate of drug-likeness (QED) is 0.571. The Morgan fingerprint density at radius 2 is 2.00 bits per heavy atom. The number of hydrogen-bond acceptors (Lipinski definition) is 0. The lowest BCUT2D eigenvalue weighted by Crippen LogP contribution is -2.05. The predicted molar refractivity (Wildman–Crippen MR) is 60.1 cm³/mol. The van der Waals surface area contributed by atoms with Crippen molar-refractivity contribution >= 4 is 6.08 Å². The number of allylic oxidation sites excluding steroid dienone is 5. The van der Waals surface area contributed by atoms with Crippen molar-refractivity contribution in [3.8, 4) is 0 Å². The number of hydrogen-bond donors (Lipinski definition) is 0. The maximum absolute atomic E-state index is 2.28. The van der Waals surface area contributed by atoms with Crippen LogP contribution in [0.1, 0.15) is 24.0 Å². The molecule has 0 fully saturated rings. The molecule has 2 aliphatic carbocycles. The first-order valence-electron chi connectivity index (χ1n) is 5.02. The first-order chi connectivity index (χ1) is 6.86. The van der Waals surface area contributed by atoms with Crippen LogP contribution in [0.15, 0.2) is 53.6 Å². The van der Waals surface area contributed by atoms with E-state index in [1.165, 1.54) is 22.3 Å². The van der Waals surface area contributed by atoms with Crippen molar-refractivity contribution in [1.29, 1.82) is 0 Å². The van der Waals surface area contributed by atoms with Gasteiger partial charge in [-0.05, 0) is 29.2 Å². The molecule has 0 bridgehead atoms. The van der Waals surface area contributed by atoms with Crippen molar-refractivity contribution in [3.63, 3.8) is 0 Å². The lowest BCUT2D eigenvalue weighted by Gasteiger charge is -2.22. The Balaban J connectivity index is 2.28. The fraction of sp³-hybridized carbons (Fsp3) is 0.143. The van der Waals surface area contributed by atoms with E-state index in [9.17, 15) is 0 Å². The van der Waals surface area contributed by atoms with Gasteiger partial charge in [0.05, 0.1) is 0 Å². The molecule has 0 N–H and O–H groups in total. The van der Waals surface area contributed by atoms with Gasteiger partial charge in [-0.2, -0.15) is 0 Å². The van der Waals surface area contributed by atoms with E-state index in [1.807, 2.05) is 0 Å². The van der Waals surface area contributed by atoms with Gasteiger partial charge >= 0.3 is 0 Å². The summed E-state index contributed by atoms with van der Waals surface area (Å²) in [7, 11) is 0. The van der Waals surface area contributed by atoms with Crippen molar-refractivity contribution in [1.82, 2.24) is 0 Å². The van der Waals surface area contributed by atoms with E-state index in [1.54, 1.807) is 0 Å². The Kier molecular flexibility index (Phi) is 1.51. The lowest BCUT2D eigenvalue weighted by molar-refractivity contribution is 1.00. The van der Waals surface area contributed by atoms with Gasteiger partial charge in [-0.3, -0.25) is 0 Å². The molecule has 1 unspecified atom stereocenters. The van der Waals surface area contributed by atoms with Crippen LogP contribution < -0.4 is 0 Å². The summed E-state index contributed by atoms with van der Waals surface area (Å²) >= 11 is 0. The van der Waals surface area contributed by atoms with E-state index >= 15 is 0 Å². The van der Waals surface area contributed by atoms with Crippen LogP contribution in [-0.4, -0.2) is 0 Å². The normalized spacial score (nSPS) is 22.5. The number of benzene rings is 1. The van der Waals surface area contributed by atoms with E-state index in [2.05, 4.69) is 55.5 Å². The smallest absolute Gasteiger partial charge is 0.0281 e. The van der Waals surface area contributed by atoms with Crippen LogP contribution in [0.5, 0.6) is 0 Å². The van der Waals surface area contributed by atoms with E-state index in [-0.39, 0.29) is 0 Å². The fourth-order valence-electron chi connectivity index (χ4n) is 2.37. The third-order valence-electron chi connectivity index (χ3n) is 3.07. The van der Waals surface area contributed by atoms with Gasteiger partial charge in [-0.15, -0.1) is 0 Å². The van der Waals surface area contributed by atoms with Gasteiger partial charge in [0, 0.05) is 5.92 Å². The van der Waals surface area contributed by atoms with Gasteiger partial charge < -0.3 is 0 Å². The molecule has 0 spiro atoms. The van der Waals surface area contributed by atoms with Crippen LogP contribution in [-0.2, 0) is 0 Å². The van der Waals surface area contributed by atoms with Crippen LogP contribution in [0, 0.1) is 0 Å². The molecule has 0 radical (unpaired) electrons. The Morgan fingerprint density at radius 1 is 1.14 bits per heavy atom. The summed E-state index contributed by atoms with van der Waals surface area (Å²) in [5.41, 5.74) is 5.68. The molecule has 3 rings (SSSR count). The maximum atomic E-state index is 2.28. The van der Waals surface area contributed by atoms with Crippen molar-refractivity contribution in [3.05, 3.63) is 64.8 Å². The molecular formula is C14H12. The molecule has 68 valence electrons. The Labute approximate surface area is 84.3 Å². The summed E-state index contributed by atoms with van der Waals surface area (Å²) in [6.45, 7) is 2.20. The van der Waals surface area contributed by atoms with E-state index in [0.29, 0.717) is 5.92 Å². The molecule has 2 aliphatic rings. The minimum Gasteiger partial charge on any atom is -0.0726 e. The summed E-state index contributed by atoms with van der Waals surface area (Å²) in [6.07, 6.45) is 8.96. The SMILES string of the molecule is CC1=Cc2ccccc2C2C=CC=C12. The molecule has 0 aliphatic heterocycles. The second-order valence-corrected chi connectivity index (χ2v) is 3.94. The van der Waals surface area contributed by atoms with Crippen molar-refractivity contribution in [2.24, 2.45) is 0 Å². The largest absolute Gasteiger partial charge is 0.0726 e. The standard InChI is InChI=1S/C14H12/c1-10-9-11-5-2-3-6-13(11)14-8-4-7-12(10)14/h2-9,14H,1H3. The molecule has 1 aromatic rings. The van der Waals surface area contributed by atoms with Gasteiger partial charge in [0.2, 0.25) is 0 Å². The lowest BCUT2D eigenvalue weighted by atomic mass is 9.81. The Bertz CT molecular complexity index is 473. The minimum atomic E-state index is 0.510. The molecule has 0 heteroatoms. The fourth-order valence-corrected chi connectivity index (χ4v) is 2.37. The summed E-state index contributed by atoms with van der Waals surface area (Å²) in [5, 5.41) is 0. The second kappa shape index (κ2) is 2.71. The monoisotopic (exact) mass is 180 g/mol. The average Bonchev–Trinajstić information content (AvgIpc) is 2.67. The van der Waals surface area contributed by atoms with Gasteiger partial charge in [-0.25, -0.2) is 0 Å². The zero-order valence-electron chi connectivity index (χ0n) is 8.20. The van der Waals surface area contributed by atoms with Gasteiger partial charge in [0.15, 0.2) is 0 Å². The molecule has 0 saturated carbocycles. The third-order valence-corrected chi connectivity index (χ3v) is 3.07. The summed E-state index contributed by atoms with van der Waals surface area (Å²) in [4.78, 5) is 0. The highest BCUT2D eigenvalue weighted by molar-refractivity contribution is 5.70. The van der Waals surface area contributed by atoms with Crippen LogP contribution in [0.4, 0.5) is 0 Å². The van der Waals surface area contributed by atoms with E-state index < -0.39 is 0 Å². The second-order valence-electron chi connectivity index (χ2n) is 3.94. The molecule has 14 heavy (non-hydrogen) atoms. The molecule has 1 aromatic carbocycles. The van der Waals surface area contributed by atoms with Crippen molar-refractivity contribution in [2.45, 2.75) is 12.8 Å². The Morgan fingerprint density at radius 3 is 2.93 bits per heavy atom. The average molecular weight is 180 g/mol. The van der Waals surface area contributed by atoms with Gasteiger partial charge in [-0.1, -0.05) is 48.6 Å². The molecule has 0 amide bonds. The first kappa shape index (κ1) is 7.81. The van der Waals surface area contributed by atoms with Crippen molar-refractivity contribution < 1.29 is 0 Å². The highest BCUT2D eigenvalue weighted by atomic mass is 14.3. The highest BCUT2D eigenvalue weighted by Crippen LogP contribution is 2.41. The number of fused-ring (bicyclic) bond motifs is 3. The van der Waals surface area contributed by atoms with E-state index in [4.69, 9.17) is 0 Å².